The highest BCUT2D eigenvalue weighted by Gasteiger charge is 2.27. The number of rotatable bonds is 6. The molecule has 0 aromatic heterocycles. The second-order valence-corrected chi connectivity index (χ2v) is 7.79. The molecular formula is C26H29N3O. The standard InChI is InChI=1S/C26H29N3O/c1-21(26(30)29-19-17-28(18-20-29)24-15-9-4-10-16-24)27-25(22-11-5-2-6-12-22)23-13-7-3-8-14-23/h2-16,21,25,27H,17-20H2,1H3. The van der Waals surface area contributed by atoms with Gasteiger partial charge in [0.2, 0.25) is 5.91 Å². The van der Waals surface area contributed by atoms with Crippen LogP contribution in [0.1, 0.15) is 24.1 Å². The van der Waals surface area contributed by atoms with Crippen LogP contribution in [-0.4, -0.2) is 43.0 Å². The molecule has 4 rings (SSSR count). The lowest BCUT2D eigenvalue weighted by molar-refractivity contribution is -0.133. The Labute approximate surface area is 179 Å². The molecule has 0 bridgehead atoms. The number of para-hydroxylation sites is 1. The van der Waals surface area contributed by atoms with Gasteiger partial charge in [-0.2, -0.15) is 0 Å². The van der Waals surface area contributed by atoms with Crippen LogP contribution in [0.4, 0.5) is 5.69 Å². The van der Waals surface area contributed by atoms with E-state index < -0.39 is 0 Å². The Bertz CT molecular complexity index is 883. The molecule has 3 aromatic carbocycles. The first kappa shape index (κ1) is 20.2. The van der Waals surface area contributed by atoms with Crippen LogP contribution < -0.4 is 10.2 Å². The van der Waals surface area contributed by atoms with Crippen molar-refractivity contribution in [2.75, 3.05) is 31.1 Å². The van der Waals surface area contributed by atoms with Crippen LogP contribution in [-0.2, 0) is 4.79 Å². The van der Waals surface area contributed by atoms with Crippen molar-refractivity contribution in [1.29, 1.82) is 0 Å². The van der Waals surface area contributed by atoms with Gasteiger partial charge in [-0.15, -0.1) is 0 Å². The van der Waals surface area contributed by atoms with E-state index in [1.807, 2.05) is 54.3 Å². The molecule has 1 aliphatic rings. The number of benzene rings is 3. The number of amides is 1. The Morgan fingerprint density at radius 3 is 1.70 bits per heavy atom. The van der Waals surface area contributed by atoms with Crippen LogP contribution in [0, 0.1) is 0 Å². The van der Waals surface area contributed by atoms with Gasteiger partial charge < -0.3 is 9.80 Å². The highest BCUT2D eigenvalue weighted by Crippen LogP contribution is 2.23. The first-order valence-corrected chi connectivity index (χ1v) is 10.7. The Kier molecular flexibility index (Phi) is 6.45. The van der Waals surface area contributed by atoms with E-state index >= 15 is 0 Å². The molecule has 1 fully saturated rings. The van der Waals surface area contributed by atoms with E-state index in [4.69, 9.17) is 0 Å². The number of nitrogens with zero attached hydrogens (tertiary/aromatic N) is 2. The largest absolute Gasteiger partial charge is 0.368 e. The number of carbonyl (C=O) groups is 1. The first-order valence-electron chi connectivity index (χ1n) is 10.7. The highest BCUT2D eigenvalue weighted by atomic mass is 16.2. The van der Waals surface area contributed by atoms with Crippen molar-refractivity contribution in [2.45, 2.75) is 19.0 Å². The van der Waals surface area contributed by atoms with Crippen molar-refractivity contribution in [2.24, 2.45) is 0 Å². The molecule has 0 aliphatic carbocycles. The van der Waals surface area contributed by atoms with Crippen molar-refractivity contribution in [3.63, 3.8) is 0 Å². The van der Waals surface area contributed by atoms with E-state index in [0.29, 0.717) is 0 Å². The van der Waals surface area contributed by atoms with E-state index in [9.17, 15) is 4.79 Å². The van der Waals surface area contributed by atoms with Gasteiger partial charge in [-0.05, 0) is 30.2 Å². The van der Waals surface area contributed by atoms with E-state index in [0.717, 1.165) is 37.3 Å². The van der Waals surface area contributed by atoms with E-state index in [-0.39, 0.29) is 18.0 Å². The average Bonchev–Trinajstić information content (AvgIpc) is 2.83. The molecule has 1 heterocycles. The maximum absolute atomic E-state index is 13.2. The summed E-state index contributed by atoms with van der Waals surface area (Å²) in [5.74, 6) is 0.166. The van der Waals surface area contributed by atoms with Gasteiger partial charge in [0.05, 0.1) is 12.1 Å². The molecule has 3 aromatic rings. The zero-order chi connectivity index (χ0) is 20.8. The molecular weight excluding hydrogens is 370 g/mol. The third-order valence-corrected chi connectivity index (χ3v) is 5.77. The molecule has 1 saturated heterocycles. The number of carbonyl (C=O) groups excluding carboxylic acids is 1. The Balaban J connectivity index is 1.42. The fourth-order valence-electron chi connectivity index (χ4n) is 4.09. The summed E-state index contributed by atoms with van der Waals surface area (Å²) in [7, 11) is 0. The number of nitrogens with one attached hydrogen (secondary N) is 1. The summed E-state index contributed by atoms with van der Waals surface area (Å²) in [6.45, 7) is 5.21. The first-order chi connectivity index (χ1) is 14.7. The van der Waals surface area contributed by atoms with Crippen LogP contribution in [0.3, 0.4) is 0 Å². The summed E-state index contributed by atoms with van der Waals surface area (Å²) in [6.07, 6.45) is 0. The quantitative estimate of drug-likeness (QED) is 0.678. The van der Waals surface area contributed by atoms with E-state index in [2.05, 4.69) is 58.7 Å². The third-order valence-electron chi connectivity index (χ3n) is 5.77. The third kappa shape index (κ3) is 4.71. The number of anilines is 1. The van der Waals surface area contributed by atoms with E-state index in [1.54, 1.807) is 0 Å². The minimum atomic E-state index is -0.265. The maximum Gasteiger partial charge on any atom is 0.239 e. The molecule has 4 heteroatoms. The summed E-state index contributed by atoms with van der Waals surface area (Å²) in [5.41, 5.74) is 3.55. The Morgan fingerprint density at radius 1 is 0.733 bits per heavy atom. The topological polar surface area (TPSA) is 35.6 Å². The van der Waals surface area contributed by atoms with Gasteiger partial charge >= 0.3 is 0 Å². The molecule has 1 aliphatic heterocycles. The minimum absolute atomic E-state index is 0.0167. The molecule has 0 saturated carbocycles. The lowest BCUT2D eigenvalue weighted by Gasteiger charge is -2.37. The summed E-state index contributed by atoms with van der Waals surface area (Å²) < 4.78 is 0. The fourth-order valence-corrected chi connectivity index (χ4v) is 4.09. The molecule has 1 amide bonds. The lowest BCUT2D eigenvalue weighted by atomic mass is 9.98. The van der Waals surface area contributed by atoms with Gasteiger partial charge in [-0.25, -0.2) is 0 Å². The van der Waals surface area contributed by atoms with Gasteiger partial charge in [0.15, 0.2) is 0 Å². The smallest absolute Gasteiger partial charge is 0.239 e. The minimum Gasteiger partial charge on any atom is -0.368 e. The summed E-state index contributed by atoms with van der Waals surface area (Å²) in [6, 6.07) is 30.8. The Hall–Kier alpha value is -3.11. The second kappa shape index (κ2) is 9.59. The van der Waals surface area contributed by atoms with Crippen molar-refractivity contribution < 1.29 is 4.79 Å². The summed E-state index contributed by atoms with van der Waals surface area (Å²) in [5, 5.41) is 3.58. The van der Waals surface area contributed by atoms with Crippen LogP contribution in [0.2, 0.25) is 0 Å². The van der Waals surface area contributed by atoms with Crippen molar-refractivity contribution >= 4 is 11.6 Å². The van der Waals surface area contributed by atoms with Crippen molar-refractivity contribution in [1.82, 2.24) is 10.2 Å². The number of piperazine rings is 1. The molecule has 30 heavy (non-hydrogen) atoms. The molecule has 1 N–H and O–H groups in total. The van der Waals surface area contributed by atoms with Gasteiger partial charge in [-0.1, -0.05) is 78.9 Å². The SMILES string of the molecule is CC(NC(c1ccccc1)c1ccccc1)C(=O)N1CCN(c2ccccc2)CC1. The molecule has 1 atom stereocenters. The van der Waals surface area contributed by atoms with Gasteiger partial charge in [0.1, 0.15) is 0 Å². The number of hydrogen-bond acceptors (Lipinski definition) is 3. The summed E-state index contributed by atoms with van der Waals surface area (Å²) in [4.78, 5) is 17.5. The van der Waals surface area contributed by atoms with E-state index in [1.165, 1.54) is 5.69 Å². The maximum atomic E-state index is 13.2. The summed E-state index contributed by atoms with van der Waals surface area (Å²) >= 11 is 0. The van der Waals surface area contributed by atoms with Crippen molar-refractivity contribution in [3.05, 3.63) is 102 Å². The monoisotopic (exact) mass is 399 g/mol. The molecule has 0 radical (unpaired) electrons. The predicted molar refractivity (Wildman–Crippen MR) is 123 cm³/mol. The Morgan fingerprint density at radius 2 is 1.20 bits per heavy atom. The predicted octanol–water partition coefficient (Wildman–Crippen LogP) is 4.10. The van der Waals surface area contributed by atoms with Crippen molar-refractivity contribution in [3.8, 4) is 0 Å². The molecule has 0 spiro atoms. The van der Waals surface area contributed by atoms with Gasteiger partial charge in [0.25, 0.3) is 0 Å². The van der Waals surface area contributed by atoms with Gasteiger partial charge in [-0.3, -0.25) is 10.1 Å². The van der Waals surface area contributed by atoms with Crippen LogP contribution in [0.15, 0.2) is 91.0 Å². The van der Waals surface area contributed by atoms with Crippen LogP contribution >= 0.6 is 0 Å². The van der Waals surface area contributed by atoms with Crippen LogP contribution in [0.25, 0.3) is 0 Å². The molecule has 154 valence electrons. The normalized spacial score (nSPS) is 15.3. The zero-order valence-corrected chi connectivity index (χ0v) is 17.4. The molecule has 4 nitrogen and oxygen atoms in total. The zero-order valence-electron chi connectivity index (χ0n) is 17.4. The van der Waals surface area contributed by atoms with Gasteiger partial charge in [0, 0.05) is 31.9 Å². The van der Waals surface area contributed by atoms with Crippen LogP contribution in [0.5, 0.6) is 0 Å². The fraction of sp³-hybridized carbons (Fsp3) is 0.269. The second-order valence-electron chi connectivity index (χ2n) is 7.79. The lowest BCUT2D eigenvalue weighted by Crippen LogP contribution is -2.54. The highest BCUT2D eigenvalue weighted by molar-refractivity contribution is 5.82. The molecule has 1 unspecified atom stereocenters. The average molecular weight is 400 g/mol. The number of hydrogen-bond donors (Lipinski definition) is 1.